The third-order valence-corrected chi connectivity index (χ3v) is 2.38. The van der Waals surface area contributed by atoms with Crippen LogP contribution < -0.4 is 11.1 Å². The molecule has 18 heavy (non-hydrogen) atoms. The van der Waals surface area contributed by atoms with Gasteiger partial charge >= 0.3 is 0 Å². The van der Waals surface area contributed by atoms with Gasteiger partial charge in [-0.05, 0) is 6.42 Å². The highest BCUT2D eigenvalue weighted by Crippen LogP contribution is 1.97. The Balaban J connectivity index is 0. The van der Waals surface area contributed by atoms with E-state index < -0.39 is 0 Å². The molecule has 0 saturated carbocycles. The minimum atomic E-state index is -0.249. The van der Waals surface area contributed by atoms with E-state index in [2.05, 4.69) is 5.32 Å². The number of rotatable bonds is 8. The zero-order chi connectivity index (χ0) is 13.3. The Morgan fingerprint density at radius 3 is 2.56 bits per heavy atom. The molecular formula is C11H24ClN3O3. The molecule has 3 N–H and O–H groups in total. The van der Waals surface area contributed by atoms with Crippen molar-refractivity contribution in [3.05, 3.63) is 0 Å². The van der Waals surface area contributed by atoms with Crippen LogP contribution in [0.25, 0.3) is 0 Å². The molecule has 0 bridgehead atoms. The summed E-state index contributed by atoms with van der Waals surface area (Å²) in [6.07, 6.45) is 0.763. The lowest BCUT2D eigenvalue weighted by atomic mass is 10.1. The Morgan fingerprint density at radius 2 is 2.06 bits per heavy atom. The van der Waals surface area contributed by atoms with Crippen molar-refractivity contribution in [1.29, 1.82) is 0 Å². The minimum absolute atomic E-state index is 0. The number of methoxy groups -OCH3 is 1. The first-order valence-corrected chi connectivity index (χ1v) is 5.73. The lowest BCUT2D eigenvalue weighted by molar-refractivity contribution is -0.137. The number of hydrogen-bond donors (Lipinski definition) is 2. The third kappa shape index (κ3) is 8.27. The van der Waals surface area contributed by atoms with Crippen molar-refractivity contribution in [1.82, 2.24) is 10.2 Å². The molecule has 7 heteroatoms. The fraction of sp³-hybridized carbons (Fsp3) is 0.818. The van der Waals surface area contributed by atoms with Gasteiger partial charge in [-0.3, -0.25) is 9.59 Å². The average molecular weight is 282 g/mol. The molecule has 0 aliphatic carbocycles. The number of nitrogens with zero attached hydrogens (tertiary/aromatic N) is 1. The van der Waals surface area contributed by atoms with E-state index in [1.165, 1.54) is 4.90 Å². The molecule has 108 valence electrons. The molecule has 1 unspecified atom stereocenters. The number of carbonyl (C=O) groups is 2. The van der Waals surface area contributed by atoms with Gasteiger partial charge in [-0.2, -0.15) is 0 Å². The van der Waals surface area contributed by atoms with Crippen LogP contribution in [0.3, 0.4) is 0 Å². The second-order valence-electron chi connectivity index (χ2n) is 4.03. The zero-order valence-electron chi connectivity index (χ0n) is 11.3. The van der Waals surface area contributed by atoms with Crippen molar-refractivity contribution in [2.75, 3.05) is 40.4 Å². The second kappa shape index (κ2) is 11.3. The summed E-state index contributed by atoms with van der Waals surface area (Å²) in [6.45, 7) is 3.27. The van der Waals surface area contributed by atoms with Gasteiger partial charge in [0.1, 0.15) is 0 Å². The number of carbonyl (C=O) groups excluding carboxylic acids is 2. The van der Waals surface area contributed by atoms with Gasteiger partial charge in [0.05, 0.1) is 6.54 Å². The lowest BCUT2D eigenvalue weighted by Crippen LogP contribution is -2.42. The van der Waals surface area contributed by atoms with Crippen LogP contribution >= 0.6 is 12.4 Å². The van der Waals surface area contributed by atoms with Crippen LogP contribution in [-0.2, 0) is 14.3 Å². The van der Waals surface area contributed by atoms with Gasteiger partial charge in [-0.1, -0.05) is 6.92 Å². The monoisotopic (exact) mass is 281 g/mol. The Bertz CT molecular complexity index is 252. The number of amides is 2. The van der Waals surface area contributed by atoms with Crippen molar-refractivity contribution in [3.8, 4) is 0 Å². The summed E-state index contributed by atoms with van der Waals surface area (Å²) >= 11 is 0. The van der Waals surface area contributed by atoms with E-state index in [4.69, 9.17) is 10.5 Å². The summed E-state index contributed by atoms with van der Waals surface area (Å²) in [5.74, 6) is -0.526. The van der Waals surface area contributed by atoms with E-state index >= 15 is 0 Å². The maximum Gasteiger partial charge on any atom is 0.239 e. The van der Waals surface area contributed by atoms with Gasteiger partial charge in [-0.25, -0.2) is 0 Å². The van der Waals surface area contributed by atoms with E-state index in [-0.39, 0.29) is 36.7 Å². The number of ether oxygens (including phenoxy) is 1. The average Bonchev–Trinajstić information content (AvgIpc) is 2.32. The highest BCUT2D eigenvalue weighted by atomic mass is 35.5. The molecule has 0 radical (unpaired) electrons. The number of likely N-dealkylation sites (N-methyl/N-ethyl adjacent to an activating group) is 1. The first kappa shape index (κ1) is 19.5. The molecule has 1 atom stereocenters. The maximum absolute atomic E-state index is 11.6. The van der Waals surface area contributed by atoms with Crippen LogP contribution in [0.1, 0.15) is 13.3 Å². The molecule has 0 aromatic carbocycles. The van der Waals surface area contributed by atoms with Crippen molar-refractivity contribution in [3.63, 3.8) is 0 Å². The minimum Gasteiger partial charge on any atom is -0.385 e. The molecule has 0 aromatic rings. The van der Waals surface area contributed by atoms with Gasteiger partial charge in [0, 0.05) is 39.8 Å². The molecule has 0 fully saturated rings. The van der Waals surface area contributed by atoms with Gasteiger partial charge in [0.2, 0.25) is 11.8 Å². The van der Waals surface area contributed by atoms with Crippen LogP contribution in [-0.4, -0.2) is 57.1 Å². The molecular weight excluding hydrogens is 258 g/mol. The van der Waals surface area contributed by atoms with E-state index in [1.54, 1.807) is 21.1 Å². The fourth-order valence-electron chi connectivity index (χ4n) is 1.27. The number of hydrogen-bond acceptors (Lipinski definition) is 4. The van der Waals surface area contributed by atoms with Gasteiger partial charge in [0.15, 0.2) is 0 Å². The predicted octanol–water partition coefficient (Wildman–Crippen LogP) is -0.386. The standard InChI is InChI=1S/C11H23N3O3.ClH/c1-9(7-12)11(16)14(2)8-10(15)13-5-4-6-17-3;/h9H,4-8,12H2,1-3H3,(H,13,15);1H. The molecule has 2 amide bonds. The Kier molecular flexibility index (Phi) is 12.2. The molecule has 0 rings (SSSR count). The zero-order valence-corrected chi connectivity index (χ0v) is 12.1. The molecule has 6 nitrogen and oxygen atoms in total. The summed E-state index contributed by atoms with van der Waals surface area (Å²) in [5, 5.41) is 2.72. The first-order chi connectivity index (χ1) is 8.02. The molecule has 0 saturated heterocycles. The summed E-state index contributed by atoms with van der Waals surface area (Å²) < 4.78 is 4.86. The highest BCUT2D eigenvalue weighted by molar-refractivity contribution is 5.85. The van der Waals surface area contributed by atoms with E-state index in [0.29, 0.717) is 19.7 Å². The highest BCUT2D eigenvalue weighted by Gasteiger charge is 2.17. The molecule has 0 aromatic heterocycles. The number of nitrogens with two attached hydrogens (primary N) is 1. The maximum atomic E-state index is 11.6. The molecule has 0 heterocycles. The van der Waals surface area contributed by atoms with Gasteiger partial charge < -0.3 is 20.7 Å². The van der Waals surface area contributed by atoms with E-state index in [0.717, 1.165) is 6.42 Å². The summed E-state index contributed by atoms with van der Waals surface area (Å²) in [5.41, 5.74) is 5.39. The smallest absolute Gasteiger partial charge is 0.239 e. The quantitative estimate of drug-likeness (QED) is 0.594. The van der Waals surface area contributed by atoms with Crippen molar-refractivity contribution in [2.24, 2.45) is 11.7 Å². The summed E-state index contributed by atoms with van der Waals surface area (Å²) in [6, 6.07) is 0. The lowest BCUT2D eigenvalue weighted by Gasteiger charge is -2.20. The largest absolute Gasteiger partial charge is 0.385 e. The molecule has 0 aliphatic heterocycles. The van der Waals surface area contributed by atoms with E-state index in [9.17, 15) is 9.59 Å². The van der Waals surface area contributed by atoms with Crippen LogP contribution in [0.2, 0.25) is 0 Å². The Hall–Kier alpha value is -0.850. The van der Waals surface area contributed by atoms with Crippen molar-refractivity contribution >= 4 is 24.2 Å². The summed E-state index contributed by atoms with van der Waals surface area (Å²) in [4.78, 5) is 24.5. The Morgan fingerprint density at radius 1 is 1.44 bits per heavy atom. The van der Waals surface area contributed by atoms with Crippen molar-refractivity contribution in [2.45, 2.75) is 13.3 Å². The van der Waals surface area contributed by atoms with Crippen LogP contribution in [0, 0.1) is 5.92 Å². The normalized spacial score (nSPS) is 11.3. The van der Waals surface area contributed by atoms with Crippen LogP contribution in [0.15, 0.2) is 0 Å². The van der Waals surface area contributed by atoms with Crippen molar-refractivity contribution < 1.29 is 14.3 Å². The fourth-order valence-corrected chi connectivity index (χ4v) is 1.27. The predicted molar refractivity (Wildman–Crippen MR) is 72.6 cm³/mol. The SMILES string of the molecule is COCCCNC(=O)CN(C)C(=O)C(C)CN.Cl. The van der Waals surface area contributed by atoms with Crippen LogP contribution in [0.4, 0.5) is 0 Å². The number of halogens is 1. The number of nitrogens with one attached hydrogen (secondary N) is 1. The molecule has 0 aliphatic rings. The second-order valence-corrected chi connectivity index (χ2v) is 4.03. The topological polar surface area (TPSA) is 84.7 Å². The van der Waals surface area contributed by atoms with Gasteiger partial charge in [-0.15, -0.1) is 12.4 Å². The molecule has 0 spiro atoms. The Labute approximate surface area is 115 Å². The van der Waals surface area contributed by atoms with Gasteiger partial charge in [0.25, 0.3) is 0 Å². The summed E-state index contributed by atoms with van der Waals surface area (Å²) in [7, 11) is 3.21. The van der Waals surface area contributed by atoms with E-state index in [1.807, 2.05) is 0 Å². The third-order valence-electron chi connectivity index (χ3n) is 2.38. The first-order valence-electron chi connectivity index (χ1n) is 5.73. The van der Waals surface area contributed by atoms with Crippen LogP contribution in [0.5, 0.6) is 0 Å².